The fraction of sp³-hybridized carbons (Fsp3) is 0.294. The third-order valence-electron chi connectivity index (χ3n) is 4.93. The number of ether oxygens (including phenoxy) is 1. The number of anilines is 1. The van der Waals surface area contributed by atoms with Crippen molar-refractivity contribution in [1.82, 2.24) is 4.40 Å². The largest absolute Gasteiger partial charge is 0.477 e. The van der Waals surface area contributed by atoms with Gasteiger partial charge in [-0.3, -0.25) is 9.20 Å². The van der Waals surface area contributed by atoms with Gasteiger partial charge in [-0.05, 0) is 18.9 Å². The van der Waals surface area contributed by atoms with Gasteiger partial charge in [-0.25, -0.2) is 9.18 Å². The highest BCUT2D eigenvalue weighted by Gasteiger charge is 2.30. The van der Waals surface area contributed by atoms with Crippen LogP contribution in [0.1, 0.15) is 28.8 Å². The smallest absolute Gasteiger partial charge is 0.342 e. The summed E-state index contributed by atoms with van der Waals surface area (Å²) in [5.74, 6) is -1.33. The van der Waals surface area contributed by atoms with Crippen molar-refractivity contribution in [1.29, 1.82) is 0 Å². The SMILES string of the molecule is O=C(O)c1c(=O)c2cc(F)c(N3CCCC3)c3c2n2c(csc12)OC3. The third-order valence-corrected chi connectivity index (χ3v) is 5.86. The number of hydrogen-bond donors (Lipinski definition) is 1. The first-order chi connectivity index (χ1) is 12.1. The van der Waals surface area contributed by atoms with Gasteiger partial charge in [-0.2, -0.15) is 0 Å². The summed E-state index contributed by atoms with van der Waals surface area (Å²) in [6.07, 6.45) is 1.99. The summed E-state index contributed by atoms with van der Waals surface area (Å²) in [5, 5.41) is 11.2. The van der Waals surface area contributed by atoms with Crippen molar-refractivity contribution in [2.24, 2.45) is 0 Å². The summed E-state index contributed by atoms with van der Waals surface area (Å²) in [5.41, 5.74) is 0.667. The van der Waals surface area contributed by atoms with E-state index >= 15 is 0 Å². The summed E-state index contributed by atoms with van der Waals surface area (Å²) >= 11 is 1.15. The van der Waals surface area contributed by atoms with E-state index in [1.807, 2.05) is 4.90 Å². The number of carbonyl (C=O) groups is 1. The Morgan fingerprint density at radius 1 is 1.32 bits per heavy atom. The quantitative estimate of drug-likeness (QED) is 0.761. The number of benzene rings is 1. The first-order valence-corrected chi connectivity index (χ1v) is 8.88. The zero-order valence-electron chi connectivity index (χ0n) is 13.0. The molecule has 0 bridgehead atoms. The van der Waals surface area contributed by atoms with Crippen molar-refractivity contribution in [2.45, 2.75) is 19.4 Å². The molecule has 6 nitrogen and oxygen atoms in total. The Hall–Kier alpha value is -2.61. The van der Waals surface area contributed by atoms with Gasteiger partial charge in [0.25, 0.3) is 0 Å². The molecular weight excluding hydrogens is 347 g/mol. The molecule has 2 aliphatic heterocycles. The molecule has 0 aliphatic carbocycles. The van der Waals surface area contributed by atoms with Crippen molar-refractivity contribution in [3.05, 3.63) is 38.6 Å². The molecule has 3 aromatic rings. The summed E-state index contributed by atoms with van der Waals surface area (Å²) < 4.78 is 22.3. The molecule has 8 heteroatoms. The van der Waals surface area contributed by atoms with Crippen molar-refractivity contribution < 1.29 is 19.0 Å². The average molecular weight is 360 g/mol. The van der Waals surface area contributed by atoms with Gasteiger partial charge in [0.15, 0.2) is 0 Å². The van der Waals surface area contributed by atoms with Crippen molar-refractivity contribution in [2.75, 3.05) is 18.0 Å². The molecule has 1 saturated heterocycles. The van der Waals surface area contributed by atoms with E-state index < -0.39 is 17.2 Å². The summed E-state index contributed by atoms with van der Waals surface area (Å²) in [6, 6.07) is 1.18. The second kappa shape index (κ2) is 4.95. The molecule has 0 spiro atoms. The maximum atomic E-state index is 14.9. The number of halogens is 1. The van der Waals surface area contributed by atoms with Crippen LogP contribution in [0.4, 0.5) is 10.1 Å². The van der Waals surface area contributed by atoms with Gasteiger partial charge < -0.3 is 14.7 Å². The molecule has 1 aromatic carbocycles. The zero-order chi connectivity index (χ0) is 17.3. The fourth-order valence-electron chi connectivity index (χ4n) is 3.89. The van der Waals surface area contributed by atoms with Gasteiger partial charge in [-0.15, -0.1) is 11.3 Å². The molecule has 128 valence electrons. The number of rotatable bonds is 2. The lowest BCUT2D eigenvalue weighted by Crippen LogP contribution is -2.25. The van der Waals surface area contributed by atoms with Gasteiger partial charge in [0.05, 0.1) is 22.0 Å². The van der Waals surface area contributed by atoms with E-state index in [2.05, 4.69) is 0 Å². The van der Waals surface area contributed by atoms with Crippen LogP contribution in [0.5, 0.6) is 5.88 Å². The molecule has 25 heavy (non-hydrogen) atoms. The predicted molar refractivity (Wildman–Crippen MR) is 91.7 cm³/mol. The fourth-order valence-corrected chi connectivity index (χ4v) is 4.86. The van der Waals surface area contributed by atoms with Crippen LogP contribution in [0.3, 0.4) is 0 Å². The lowest BCUT2D eigenvalue weighted by atomic mass is 10.0. The average Bonchev–Trinajstić information content (AvgIpc) is 3.23. The molecule has 0 unspecified atom stereocenters. The monoisotopic (exact) mass is 360 g/mol. The Morgan fingerprint density at radius 3 is 2.80 bits per heavy atom. The van der Waals surface area contributed by atoms with E-state index in [4.69, 9.17) is 4.74 Å². The summed E-state index contributed by atoms with van der Waals surface area (Å²) in [7, 11) is 0. The Bertz CT molecular complexity index is 1130. The van der Waals surface area contributed by atoms with E-state index in [9.17, 15) is 19.1 Å². The highest BCUT2D eigenvalue weighted by Crippen LogP contribution is 2.40. The lowest BCUT2D eigenvalue weighted by molar-refractivity contribution is 0.0697. The van der Waals surface area contributed by atoms with Crippen LogP contribution in [-0.4, -0.2) is 28.6 Å². The Balaban J connectivity index is 2.00. The van der Waals surface area contributed by atoms with E-state index in [1.165, 1.54) is 6.07 Å². The number of aromatic nitrogens is 1. The first kappa shape index (κ1) is 14.7. The number of thiazole rings is 1. The van der Waals surface area contributed by atoms with E-state index in [1.54, 1.807) is 9.78 Å². The van der Waals surface area contributed by atoms with Crippen LogP contribution in [0.15, 0.2) is 16.2 Å². The standard InChI is InChI=1S/C17H13FN2O4S/c18-10-5-8-13-9(14(10)19-3-1-2-4-19)6-24-11-7-25-16(20(11)13)12(15(8)21)17(22)23/h5,7H,1-4,6H2,(H,22,23). The molecule has 0 saturated carbocycles. The topological polar surface area (TPSA) is 71.2 Å². The van der Waals surface area contributed by atoms with Crippen LogP contribution in [0, 0.1) is 5.82 Å². The second-order valence-corrected chi connectivity index (χ2v) is 7.15. The number of hydrogen-bond acceptors (Lipinski definition) is 5. The molecular formula is C17H13FN2O4S. The van der Waals surface area contributed by atoms with Crippen LogP contribution < -0.4 is 15.1 Å². The Morgan fingerprint density at radius 2 is 2.08 bits per heavy atom. The van der Waals surface area contributed by atoms with E-state index in [0.717, 1.165) is 37.3 Å². The summed E-state index contributed by atoms with van der Waals surface area (Å²) in [6.45, 7) is 1.69. The maximum absolute atomic E-state index is 14.9. The molecule has 0 atom stereocenters. The van der Waals surface area contributed by atoms with Gasteiger partial charge in [0.1, 0.15) is 22.8 Å². The lowest BCUT2D eigenvalue weighted by Gasteiger charge is -2.26. The Labute approximate surface area is 144 Å². The van der Waals surface area contributed by atoms with Crippen molar-refractivity contribution in [3.63, 3.8) is 0 Å². The van der Waals surface area contributed by atoms with E-state index in [0.29, 0.717) is 27.5 Å². The normalized spacial score (nSPS) is 16.1. The van der Waals surface area contributed by atoms with Gasteiger partial charge >= 0.3 is 5.97 Å². The second-order valence-electron chi connectivity index (χ2n) is 6.29. The number of carboxylic acid groups (broad SMARTS) is 1. The third kappa shape index (κ3) is 1.82. The number of aromatic carboxylic acids is 1. The highest BCUT2D eigenvalue weighted by molar-refractivity contribution is 7.16. The molecule has 0 amide bonds. The Kier molecular flexibility index (Phi) is 2.91. The minimum atomic E-state index is -1.32. The molecule has 5 rings (SSSR count). The van der Waals surface area contributed by atoms with Gasteiger partial charge in [0.2, 0.25) is 11.3 Å². The van der Waals surface area contributed by atoms with Crippen LogP contribution in [-0.2, 0) is 6.61 Å². The molecule has 2 aromatic heterocycles. The van der Waals surface area contributed by atoms with Crippen LogP contribution in [0.25, 0.3) is 15.7 Å². The van der Waals surface area contributed by atoms with Gasteiger partial charge in [-0.1, -0.05) is 0 Å². The van der Waals surface area contributed by atoms with Crippen LogP contribution in [0.2, 0.25) is 0 Å². The van der Waals surface area contributed by atoms with Crippen LogP contribution >= 0.6 is 11.3 Å². The number of carboxylic acids is 1. The predicted octanol–water partition coefficient (Wildman–Crippen LogP) is 2.84. The van der Waals surface area contributed by atoms with Gasteiger partial charge in [0, 0.05) is 18.7 Å². The first-order valence-electron chi connectivity index (χ1n) is 8.00. The van der Waals surface area contributed by atoms with Crippen molar-refractivity contribution >= 4 is 38.7 Å². The number of nitrogens with zero attached hydrogens (tertiary/aromatic N) is 2. The van der Waals surface area contributed by atoms with Crippen molar-refractivity contribution in [3.8, 4) is 5.88 Å². The molecule has 1 fully saturated rings. The minimum Gasteiger partial charge on any atom is -0.477 e. The summed E-state index contributed by atoms with van der Waals surface area (Å²) in [4.78, 5) is 26.6. The maximum Gasteiger partial charge on any atom is 0.342 e. The number of pyridine rings is 1. The molecule has 4 heterocycles. The molecule has 0 radical (unpaired) electrons. The highest BCUT2D eigenvalue weighted by atomic mass is 32.1. The minimum absolute atomic E-state index is 0.0910. The molecule has 1 N–H and O–H groups in total. The zero-order valence-corrected chi connectivity index (χ0v) is 13.9. The van der Waals surface area contributed by atoms with E-state index in [-0.39, 0.29) is 17.6 Å². The molecule has 2 aliphatic rings.